The molecule has 0 aromatic heterocycles. The molecule has 4 heteroatoms. The number of fused-ring (bicyclic) bond motifs is 1. The maximum absolute atomic E-state index is 11.8. The van der Waals surface area contributed by atoms with Crippen LogP contribution in [0.3, 0.4) is 0 Å². The zero-order valence-corrected chi connectivity index (χ0v) is 9.77. The molecule has 1 amide bonds. The van der Waals surface area contributed by atoms with E-state index in [-0.39, 0.29) is 5.91 Å². The molecule has 3 nitrogen and oxygen atoms in total. The van der Waals surface area contributed by atoms with Crippen LogP contribution in [-0.2, 0) is 9.54 Å². The Morgan fingerprint density at radius 2 is 2.20 bits per heavy atom. The van der Waals surface area contributed by atoms with Crippen LogP contribution in [0.25, 0.3) is 0 Å². The van der Waals surface area contributed by atoms with Gasteiger partial charge in [0.25, 0.3) is 0 Å². The molecule has 0 fully saturated rings. The maximum atomic E-state index is 11.8. The molecule has 1 aliphatic heterocycles. The molecule has 2 rings (SSSR count). The second kappa shape index (κ2) is 3.45. The number of ether oxygens (including phenoxy) is 1. The van der Waals surface area contributed by atoms with E-state index in [1.54, 1.807) is 18.9 Å². The van der Waals surface area contributed by atoms with Crippen LogP contribution in [0.5, 0.6) is 5.75 Å². The van der Waals surface area contributed by atoms with E-state index in [1.807, 2.05) is 31.4 Å². The molecule has 0 saturated carbocycles. The molecule has 0 radical (unpaired) electrons. The summed E-state index contributed by atoms with van der Waals surface area (Å²) in [4.78, 5) is 11.8. The van der Waals surface area contributed by atoms with Gasteiger partial charge in [-0.15, -0.1) is 11.8 Å². The van der Waals surface area contributed by atoms with Crippen LogP contribution in [0.4, 0.5) is 5.69 Å². The van der Waals surface area contributed by atoms with Crippen LogP contribution in [0.15, 0.2) is 18.2 Å². The second-order valence-corrected chi connectivity index (χ2v) is 4.83. The Morgan fingerprint density at radius 3 is 2.80 bits per heavy atom. The fourth-order valence-corrected chi connectivity index (χ4v) is 2.37. The third-order valence-electron chi connectivity index (χ3n) is 2.83. The Hall–Kier alpha value is -1.16. The number of amides is 1. The first-order chi connectivity index (χ1) is 7.11. The predicted octanol–water partition coefficient (Wildman–Crippen LogP) is 2.23. The number of nitrogens with one attached hydrogen (secondary N) is 1. The minimum atomic E-state index is -0.471. The number of methoxy groups -OCH3 is 1. The first-order valence-corrected chi connectivity index (χ1v) is 5.89. The van der Waals surface area contributed by atoms with E-state index in [0.717, 1.165) is 17.0 Å². The first kappa shape index (κ1) is 10.4. The third kappa shape index (κ3) is 1.40. The summed E-state index contributed by atoms with van der Waals surface area (Å²) < 4.78 is 4.65. The van der Waals surface area contributed by atoms with Crippen molar-refractivity contribution >= 4 is 23.4 Å². The van der Waals surface area contributed by atoms with Crippen molar-refractivity contribution in [1.29, 1.82) is 0 Å². The third-order valence-corrected chi connectivity index (χ3v) is 4.05. The smallest absolute Gasteiger partial charge is 0.244 e. The number of rotatable bonds is 2. The highest BCUT2D eigenvalue weighted by Crippen LogP contribution is 2.45. The normalized spacial score (nSPS) is 23.5. The molecule has 1 aromatic carbocycles. The van der Waals surface area contributed by atoms with E-state index in [1.165, 1.54) is 0 Å². The van der Waals surface area contributed by atoms with Crippen LogP contribution in [0.2, 0.25) is 0 Å². The molecule has 0 spiro atoms. The van der Waals surface area contributed by atoms with E-state index >= 15 is 0 Å². The number of hydrogen-bond acceptors (Lipinski definition) is 3. The lowest BCUT2D eigenvalue weighted by Crippen LogP contribution is -2.26. The molecule has 0 bridgehead atoms. The fourth-order valence-electron chi connectivity index (χ4n) is 1.74. The van der Waals surface area contributed by atoms with Gasteiger partial charge in [0.2, 0.25) is 5.91 Å². The molecule has 0 unspecified atom stereocenters. The molecule has 1 aliphatic rings. The van der Waals surface area contributed by atoms with Crippen molar-refractivity contribution in [3.63, 3.8) is 0 Å². The first-order valence-electron chi connectivity index (χ1n) is 4.67. The lowest BCUT2D eigenvalue weighted by molar-refractivity contribution is -0.117. The van der Waals surface area contributed by atoms with Gasteiger partial charge < -0.3 is 10.1 Å². The Morgan fingerprint density at radius 1 is 1.47 bits per heavy atom. The average Bonchev–Trinajstić information content (AvgIpc) is 2.51. The lowest BCUT2D eigenvalue weighted by atomic mass is 10.0. The topological polar surface area (TPSA) is 38.3 Å². The summed E-state index contributed by atoms with van der Waals surface area (Å²) in [7, 11) is 1.62. The summed E-state index contributed by atoms with van der Waals surface area (Å²) in [5.74, 6) is 0.803. The molecular formula is C11H13NO2S. The molecule has 15 heavy (non-hydrogen) atoms. The van der Waals surface area contributed by atoms with Gasteiger partial charge >= 0.3 is 0 Å². The lowest BCUT2D eigenvalue weighted by Gasteiger charge is -2.18. The summed E-state index contributed by atoms with van der Waals surface area (Å²) in [6.07, 6.45) is 1.94. The molecule has 0 saturated heterocycles. The fraction of sp³-hybridized carbons (Fsp3) is 0.364. The van der Waals surface area contributed by atoms with Crippen LogP contribution >= 0.6 is 11.8 Å². The van der Waals surface area contributed by atoms with Gasteiger partial charge in [-0.1, -0.05) is 6.07 Å². The molecule has 80 valence electrons. The molecule has 0 aliphatic carbocycles. The van der Waals surface area contributed by atoms with Gasteiger partial charge in [-0.05, 0) is 19.2 Å². The highest BCUT2D eigenvalue weighted by atomic mass is 32.2. The quantitative estimate of drug-likeness (QED) is 0.835. The number of anilines is 1. The van der Waals surface area contributed by atoms with E-state index in [4.69, 9.17) is 4.74 Å². The summed E-state index contributed by atoms with van der Waals surface area (Å²) in [6, 6.07) is 5.69. The van der Waals surface area contributed by atoms with Gasteiger partial charge in [-0.3, -0.25) is 4.79 Å². The van der Waals surface area contributed by atoms with Gasteiger partial charge in [0, 0.05) is 17.3 Å². The molecular weight excluding hydrogens is 210 g/mol. The Kier molecular flexibility index (Phi) is 2.38. The van der Waals surface area contributed by atoms with Crippen molar-refractivity contribution in [2.75, 3.05) is 18.7 Å². The number of thioether (sulfide) groups is 1. The summed E-state index contributed by atoms with van der Waals surface area (Å²) in [6.45, 7) is 1.94. The van der Waals surface area contributed by atoms with Crippen LogP contribution in [-0.4, -0.2) is 19.3 Å². The van der Waals surface area contributed by atoms with Crippen molar-refractivity contribution in [2.24, 2.45) is 0 Å². The van der Waals surface area contributed by atoms with Gasteiger partial charge in [0.1, 0.15) is 10.5 Å². The van der Waals surface area contributed by atoms with Crippen LogP contribution < -0.4 is 10.1 Å². The number of benzene rings is 1. The highest BCUT2D eigenvalue weighted by Gasteiger charge is 2.42. The summed E-state index contributed by atoms with van der Waals surface area (Å²) >= 11 is 1.55. The Balaban J connectivity index is 2.52. The SMILES string of the molecule is COc1ccc2c(c1)NC(=O)[C@]2(C)SC. The average molecular weight is 223 g/mol. The van der Waals surface area contributed by atoms with E-state index in [9.17, 15) is 4.79 Å². The molecule has 1 heterocycles. The molecule has 1 N–H and O–H groups in total. The van der Waals surface area contributed by atoms with Crippen molar-refractivity contribution in [3.8, 4) is 5.75 Å². The van der Waals surface area contributed by atoms with Gasteiger partial charge in [0.05, 0.1) is 7.11 Å². The van der Waals surface area contributed by atoms with Gasteiger partial charge in [-0.2, -0.15) is 0 Å². The van der Waals surface area contributed by atoms with E-state index in [2.05, 4.69) is 5.32 Å². The van der Waals surface area contributed by atoms with E-state index < -0.39 is 4.75 Å². The van der Waals surface area contributed by atoms with Crippen molar-refractivity contribution < 1.29 is 9.53 Å². The predicted molar refractivity (Wildman–Crippen MR) is 62.5 cm³/mol. The summed E-state index contributed by atoms with van der Waals surface area (Å²) in [5.41, 5.74) is 1.89. The maximum Gasteiger partial charge on any atom is 0.244 e. The number of hydrogen-bond donors (Lipinski definition) is 1. The van der Waals surface area contributed by atoms with E-state index in [0.29, 0.717) is 0 Å². The Labute approximate surface area is 93.2 Å². The number of carbonyl (C=O) groups is 1. The van der Waals surface area contributed by atoms with Crippen molar-refractivity contribution in [2.45, 2.75) is 11.7 Å². The number of carbonyl (C=O) groups excluding carboxylic acids is 1. The van der Waals surface area contributed by atoms with Crippen LogP contribution in [0.1, 0.15) is 12.5 Å². The summed E-state index contributed by atoms with van der Waals surface area (Å²) in [5, 5.41) is 2.87. The van der Waals surface area contributed by atoms with Crippen molar-refractivity contribution in [1.82, 2.24) is 0 Å². The minimum absolute atomic E-state index is 0.0400. The monoisotopic (exact) mass is 223 g/mol. The van der Waals surface area contributed by atoms with Gasteiger partial charge in [-0.25, -0.2) is 0 Å². The highest BCUT2D eigenvalue weighted by molar-refractivity contribution is 8.00. The standard InChI is InChI=1S/C11H13NO2S/c1-11(15-3)8-5-4-7(14-2)6-9(8)12-10(11)13/h4-6H,1-3H3,(H,12,13)/t11-/m1/s1. The molecule has 1 aromatic rings. The van der Waals surface area contributed by atoms with Crippen LogP contribution in [0, 0.1) is 0 Å². The van der Waals surface area contributed by atoms with Gasteiger partial charge in [0.15, 0.2) is 0 Å². The van der Waals surface area contributed by atoms with Crippen molar-refractivity contribution in [3.05, 3.63) is 23.8 Å². The zero-order chi connectivity index (χ0) is 11.1. The second-order valence-electron chi connectivity index (χ2n) is 3.60. The minimum Gasteiger partial charge on any atom is -0.497 e. The largest absolute Gasteiger partial charge is 0.497 e. The zero-order valence-electron chi connectivity index (χ0n) is 8.96. The molecule has 1 atom stereocenters. The Bertz CT molecular complexity index is 419.